The minimum atomic E-state index is 0.0282. The summed E-state index contributed by atoms with van der Waals surface area (Å²) in [7, 11) is 0. The molecule has 0 bridgehead atoms. The molecule has 0 aliphatic carbocycles. The number of benzene rings is 2. The molecular formula is C19H23NO2S. The number of amides is 1. The minimum absolute atomic E-state index is 0.0282. The molecule has 2 rings (SSSR count). The van der Waals surface area contributed by atoms with Gasteiger partial charge in [0.05, 0.1) is 12.3 Å². The molecule has 0 atom stereocenters. The Balaban J connectivity index is 1.61. The predicted octanol–water partition coefficient (Wildman–Crippen LogP) is 3.84. The van der Waals surface area contributed by atoms with Crippen molar-refractivity contribution < 1.29 is 9.53 Å². The van der Waals surface area contributed by atoms with Gasteiger partial charge < -0.3 is 10.1 Å². The highest BCUT2D eigenvalue weighted by atomic mass is 32.2. The molecule has 122 valence electrons. The first-order chi connectivity index (χ1) is 11.2. The van der Waals surface area contributed by atoms with E-state index < -0.39 is 0 Å². The SMILES string of the molecule is CCc1ccc(OCCNC(=O)CSc2ccc(C)cc2)cc1. The van der Waals surface area contributed by atoms with Crippen molar-refractivity contribution >= 4 is 17.7 Å². The number of carbonyl (C=O) groups is 1. The maximum atomic E-state index is 11.8. The van der Waals surface area contributed by atoms with Crippen LogP contribution in [0, 0.1) is 6.92 Å². The normalized spacial score (nSPS) is 10.3. The fourth-order valence-electron chi connectivity index (χ4n) is 2.02. The fraction of sp³-hybridized carbons (Fsp3) is 0.316. The Bertz CT molecular complexity index is 608. The summed E-state index contributed by atoms with van der Waals surface area (Å²) in [6.07, 6.45) is 1.02. The molecule has 0 heterocycles. The van der Waals surface area contributed by atoms with Crippen LogP contribution in [-0.4, -0.2) is 24.8 Å². The van der Waals surface area contributed by atoms with Crippen molar-refractivity contribution in [3.05, 3.63) is 59.7 Å². The highest BCUT2D eigenvalue weighted by molar-refractivity contribution is 8.00. The quantitative estimate of drug-likeness (QED) is 0.590. The highest BCUT2D eigenvalue weighted by Crippen LogP contribution is 2.17. The monoisotopic (exact) mass is 329 g/mol. The molecular weight excluding hydrogens is 306 g/mol. The molecule has 0 saturated carbocycles. The third-order valence-electron chi connectivity index (χ3n) is 3.42. The van der Waals surface area contributed by atoms with Crippen molar-refractivity contribution in [3.8, 4) is 5.75 Å². The van der Waals surface area contributed by atoms with Gasteiger partial charge in [0.2, 0.25) is 5.91 Å². The second-order valence-corrected chi connectivity index (χ2v) is 6.35. The number of rotatable bonds is 8. The number of ether oxygens (including phenoxy) is 1. The maximum Gasteiger partial charge on any atom is 0.230 e. The highest BCUT2D eigenvalue weighted by Gasteiger charge is 2.02. The van der Waals surface area contributed by atoms with E-state index in [-0.39, 0.29) is 5.91 Å². The van der Waals surface area contributed by atoms with E-state index in [0.29, 0.717) is 18.9 Å². The summed E-state index contributed by atoms with van der Waals surface area (Å²) in [5.41, 5.74) is 2.52. The second kappa shape index (κ2) is 9.26. The van der Waals surface area contributed by atoms with Crippen LogP contribution in [0.25, 0.3) is 0 Å². The Labute approximate surface area is 142 Å². The van der Waals surface area contributed by atoms with Gasteiger partial charge in [-0.3, -0.25) is 4.79 Å². The summed E-state index contributed by atoms with van der Waals surface area (Å²) < 4.78 is 5.61. The molecule has 2 aromatic carbocycles. The average molecular weight is 329 g/mol. The third kappa shape index (κ3) is 6.37. The van der Waals surface area contributed by atoms with Gasteiger partial charge in [-0.05, 0) is 43.2 Å². The Morgan fingerprint density at radius 1 is 1.09 bits per heavy atom. The van der Waals surface area contributed by atoms with Gasteiger partial charge in [-0.2, -0.15) is 0 Å². The number of aryl methyl sites for hydroxylation is 2. The standard InChI is InChI=1S/C19H23NO2S/c1-3-16-6-8-17(9-7-16)22-13-12-20-19(21)14-23-18-10-4-15(2)5-11-18/h4-11H,3,12-14H2,1-2H3,(H,20,21). The molecule has 0 aromatic heterocycles. The van der Waals surface area contributed by atoms with Gasteiger partial charge in [0, 0.05) is 4.90 Å². The summed E-state index contributed by atoms with van der Waals surface area (Å²) in [5, 5.41) is 2.87. The molecule has 23 heavy (non-hydrogen) atoms. The lowest BCUT2D eigenvalue weighted by molar-refractivity contribution is -0.118. The first kappa shape index (κ1) is 17.4. The van der Waals surface area contributed by atoms with Crippen LogP contribution in [0.15, 0.2) is 53.4 Å². The predicted molar refractivity (Wildman–Crippen MR) is 96.2 cm³/mol. The van der Waals surface area contributed by atoms with Crippen LogP contribution in [-0.2, 0) is 11.2 Å². The van der Waals surface area contributed by atoms with Gasteiger partial charge in [-0.25, -0.2) is 0 Å². The smallest absolute Gasteiger partial charge is 0.230 e. The summed E-state index contributed by atoms with van der Waals surface area (Å²) in [6, 6.07) is 16.2. The summed E-state index contributed by atoms with van der Waals surface area (Å²) in [5.74, 6) is 1.29. The first-order valence-electron chi connectivity index (χ1n) is 7.85. The summed E-state index contributed by atoms with van der Waals surface area (Å²) >= 11 is 1.54. The number of carbonyl (C=O) groups excluding carboxylic acids is 1. The van der Waals surface area contributed by atoms with Crippen molar-refractivity contribution in [3.63, 3.8) is 0 Å². The largest absolute Gasteiger partial charge is 0.492 e. The Morgan fingerprint density at radius 2 is 1.78 bits per heavy atom. The molecule has 4 heteroatoms. The lowest BCUT2D eigenvalue weighted by atomic mass is 10.2. The fourth-order valence-corrected chi connectivity index (χ4v) is 2.74. The van der Waals surface area contributed by atoms with Crippen molar-refractivity contribution in [2.24, 2.45) is 0 Å². The van der Waals surface area contributed by atoms with Crippen LogP contribution < -0.4 is 10.1 Å². The van der Waals surface area contributed by atoms with Crippen LogP contribution in [0.1, 0.15) is 18.1 Å². The maximum absolute atomic E-state index is 11.8. The van der Waals surface area contributed by atoms with E-state index >= 15 is 0 Å². The van der Waals surface area contributed by atoms with E-state index in [4.69, 9.17) is 4.74 Å². The summed E-state index contributed by atoms with van der Waals surface area (Å²) in [4.78, 5) is 12.9. The molecule has 1 amide bonds. The Kier molecular flexibility index (Phi) is 7.01. The number of nitrogens with one attached hydrogen (secondary N) is 1. The van der Waals surface area contributed by atoms with Crippen LogP contribution in [0.2, 0.25) is 0 Å². The van der Waals surface area contributed by atoms with Crippen LogP contribution >= 0.6 is 11.8 Å². The van der Waals surface area contributed by atoms with Crippen LogP contribution in [0.5, 0.6) is 5.75 Å². The molecule has 0 aliphatic rings. The topological polar surface area (TPSA) is 38.3 Å². The third-order valence-corrected chi connectivity index (χ3v) is 4.43. The van der Waals surface area contributed by atoms with E-state index in [9.17, 15) is 4.79 Å². The van der Waals surface area contributed by atoms with Gasteiger partial charge in [0.1, 0.15) is 12.4 Å². The van der Waals surface area contributed by atoms with Crippen molar-refractivity contribution in [2.45, 2.75) is 25.2 Å². The molecule has 0 aliphatic heterocycles. The molecule has 0 spiro atoms. The zero-order valence-corrected chi connectivity index (χ0v) is 14.5. The zero-order chi connectivity index (χ0) is 16.5. The first-order valence-corrected chi connectivity index (χ1v) is 8.84. The molecule has 3 nitrogen and oxygen atoms in total. The van der Waals surface area contributed by atoms with Crippen molar-refractivity contribution in [1.29, 1.82) is 0 Å². The average Bonchev–Trinajstić information content (AvgIpc) is 2.59. The van der Waals surface area contributed by atoms with E-state index in [1.807, 2.05) is 24.3 Å². The van der Waals surface area contributed by atoms with Gasteiger partial charge >= 0.3 is 0 Å². The minimum Gasteiger partial charge on any atom is -0.492 e. The molecule has 0 radical (unpaired) electrons. The van der Waals surface area contributed by atoms with Crippen LogP contribution in [0.4, 0.5) is 0 Å². The lowest BCUT2D eigenvalue weighted by Gasteiger charge is -2.08. The Hall–Kier alpha value is -1.94. The van der Waals surface area contributed by atoms with E-state index in [1.165, 1.54) is 11.1 Å². The van der Waals surface area contributed by atoms with Crippen molar-refractivity contribution in [2.75, 3.05) is 18.9 Å². The Morgan fingerprint density at radius 3 is 2.43 bits per heavy atom. The molecule has 0 unspecified atom stereocenters. The number of hydrogen-bond donors (Lipinski definition) is 1. The van der Waals surface area contributed by atoms with E-state index in [0.717, 1.165) is 17.1 Å². The van der Waals surface area contributed by atoms with Gasteiger partial charge in [0.15, 0.2) is 0 Å². The lowest BCUT2D eigenvalue weighted by Crippen LogP contribution is -2.29. The number of thioether (sulfide) groups is 1. The van der Waals surface area contributed by atoms with Crippen LogP contribution in [0.3, 0.4) is 0 Å². The van der Waals surface area contributed by atoms with E-state index in [2.05, 4.69) is 43.4 Å². The summed E-state index contributed by atoms with van der Waals surface area (Å²) in [6.45, 7) is 5.17. The molecule has 2 aromatic rings. The zero-order valence-electron chi connectivity index (χ0n) is 13.7. The second-order valence-electron chi connectivity index (χ2n) is 5.30. The van der Waals surface area contributed by atoms with Gasteiger partial charge in [-0.1, -0.05) is 36.8 Å². The molecule has 0 saturated heterocycles. The number of hydrogen-bond acceptors (Lipinski definition) is 3. The van der Waals surface area contributed by atoms with Gasteiger partial charge in [-0.15, -0.1) is 11.8 Å². The molecule has 0 fully saturated rings. The van der Waals surface area contributed by atoms with Crippen molar-refractivity contribution in [1.82, 2.24) is 5.32 Å². The van der Waals surface area contributed by atoms with Gasteiger partial charge in [0.25, 0.3) is 0 Å². The van der Waals surface area contributed by atoms with E-state index in [1.54, 1.807) is 11.8 Å². The molecule has 1 N–H and O–H groups in total.